The van der Waals surface area contributed by atoms with Gasteiger partial charge in [-0.25, -0.2) is 8.42 Å². The SMILES string of the molecule is CCN(C(C)C)S(=O)(=O)c1cc([N+](=O)[O-])c(NN)cc1C. The Kier molecular flexibility index (Phi) is 5.26. The second kappa shape index (κ2) is 6.37. The highest BCUT2D eigenvalue weighted by molar-refractivity contribution is 7.89. The van der Waals surface area contributed by atoms with Crippen LogP contribution < -0.4 is 11.3 Å². The molecule has 0 aliphatic heterocycles. The number of nitrogens with two attached hydrogens (primary N) is 1. The summed E-state index contributed by atoms with van der Waals surface area (Å²) in [7, 11) is -3.80. The quantitative estimate of drug-likeness (QED) is 0.467. The predicted octanol–water partition coefficient (Wildman–Crippen LogP) is 1.61. The fourth-order valence-electron chi connectivity index (χ4n) is 2.16. The van der Waals surface area contributed by atoms with Crippen LogP contribution in [0.2, 0.25) is 0 Å². The molecule has 0 fully saturated rings. The highest BCUT2D eigenvalue weighted by Crippen LogP contribution is 2.31. The molecule has 1 rings (SSSR count). The maximum Gasteiger partial charge on any atom is 0.295 e. The number of aryl methyl sites for hydroxylation is 1. The number of hydrazine groups is 1. The maximum absolute atomic E-state index is 12.7. The van der Waals surface area contributed by atoms with Crippen molar-refractivity contribution in [2.45, 2.75) is 38.6 Å². The summed E-state index contributed by atoms with van der Waals surface area (Å²) in [6, 6.07) is 2.16. The third-order valence-electron chi connectivity index (χ3n) is 3.12. The molecule has 9 heteroatoms. The van der Waals surface area contributed by atoms with Gasteiger partial charge in [-0.15, -0.1) is 0 Å². The van der Waals surface area contributed by atoms with E-state index < -0.39 is 14.9 Å². The number of sulfonamides is 1. The topological polar surface area (TPSA) is 119 Å². The Morgan fingerprint density at radius 2 is 2.00 bits per heavy atom. The minimum atomic E-state index is -3.80. The number of nitrogen functional groups attached to an aromatic ring is 1. The lowest BCUT2D eigenvalue weighted by Gasteiger charge is -2.25. The van der Waals surface area contributed by atoms with E-state index in [0.717, 1.165) is 6.07 Å². The zero-order chi connectivity index (χ0) is 16.4. The van der Waals surface area contributed by atoms with E-state index in [-0.39, 0.29) is 28.9 Å². The molecule has 0 amide bonds. The van der Waals surface area contributed by atoms with Crippen LogP contribution in [0.15, 0.2) is 17.0 Å². The number of nitrogens with one attached hydrogen (secondary N) is 1. The number of rotatable bonds is 6. The van der Waals surface area contributed by atoms with Gasteiger partial charge in [0.05, 0.1) is 9.82 Å². The van der Waals surface area contributed by atoms with Crippen molar-refractivity contribution in [1.29, 1.82) is 0 Å². The maximum atomic E-state index is 12.7. The minimum absolute atomic E-state index is 0.0732. The molecule has 0 aliphatic rings. The first-order chi connectivity index (χ1) is 9.66. The fourth-order valence-corrected chi connectivity index (χ4v) is 4.03. The minimum Gasteiger partial charge on any atom is -0.318 e. The van der Waals surface area contributed by atoms with Crippen LogP contribution in [0.4, 0.5) is 11.4 Å². The third-order valence-corrected chi connectivity index (χ3v) is 5.41. The lowest BCUT2D eigenvalue weighted by molar-refractivity contribution is -0.384. The van der Waals surface area contributed by atoms with Crippen molar-refractivity contribution in [3.05, 3.63) is 27.8 Å². The van der Waals surface area contributed by atoms with E-state index in [0.29, 0.717) is 5.56 Å². The highest BCUT2D eigenvalue weighted by Gasteiger charge is 2.30. The van der Waals surface area contributed by atoms with Gasteiger partial charge in [0.1, 0.15) is 5.69 Å². The number of nitrogens with zero attached hydrogens (tertiary/aromatic N) is 2. The lowest BCUT2D eigenvalue weighted by atomic mass is 10.2. The van der Waals surface area contributed by atoms with Gasteiger partial charge in [-0.1, -0.05) is 6.92 Å². The summed E-state index contributed by atoms with van der Waals surface area (Å²) in [6.45, 7) is 7.08. The average Bonchev–Trinajstić information content (AvgIpc) is 2.37. The fraction of sp³-hybridized carbons (Fsp3) is 0.500. The van der Waals surface area contributed by atoms with Gasteiger partial charge in [0.2, 0.25) is 10.0 Å². The summed E-state index contributed by atoms with van der Waals surface area (Å²) in [6.07, 6.45) is 0. The third kappa shape index (κ3) is 3.31. The molecule has 1 aromatic carbocycles. The summed E-state index contributed by atoms with van der Waals surface area (Å²) in [4.78, 5) is 10.3. The summed E-state index contributed by atoms with van der Waals surface area (Å²) < 4.78 is 26.6. The standard InChI is InChI=1S/C12H20N4O4S/c1-5-15(8(2)3)21(19,20)12-7-11(16(17)18)10(14-13)6-9(12)4/h6-8,14H,5,13H2,1-4H3. The number of nitro groups is 1. The van der Waals surface area contributed by atoms with Gasteiger partial charge < -0.3 is 5.43 Å². The van der Waals surface area contributed by atoms with Gasteiger partial charge in [0.25, 0.3) is 5.69 Å². The molecule has 0 atom stereocenters. The monoisotopic (exact) mass is 316 g/mol. The summed E-state index contributed by atoms with van der Waals surface area (Å²) in [5, 5.41) is 11.0. The number of anilines is 1. The van der Waals surface area contributed by atoms with Crippen molar-refractivity contribution in [1.82, 2.24) is 4.31 Å². The van der Waals surface area contributed by atoms with Crippen LogP contribution in [-0.2, 0) is 10.0 Å². The second-order valence-corrected chi connectivity index (χ2v) is 6.70. The summed E-state index contributed by atoms with van der Waals surface area (Å²) in [5.74, 6) is 5.24. The molecule has 8 nitrogen and oxygen atoms in total. The first kappa shape index (κ1) is 17.3. The van der Waals surface area contributed by atoms with Gasteiger partial charge in [-0.2, -0.15) is 4.31 Å². The zero-order valence-corrected chi connectivity index (χ0v) is 13.3. The van der Waals surface area contributed by atoms with Crippen molar-refractivity contribution in [3.8, 4) is 0 Å². The molecule has 0 spiro atoms. The van der Waals surface area contributed by atoms with E-state index in [1.807, 2.05) is 0 Å². The van der Waals surface area contributed by atoms with Crippen LogP contribution in [0.3, 0.4) is 0 Å². The molecule has 0 aromatic heterocycles. The molecule has 118 valence electrons. The Balaban J connectivity index is 3.56. The van der Waals surface area contributed by atoms with Crippen molar-refractivity contribution in [2.24, 2.45) is 5.84 Å². The summed E-state index contributed by atoms with van der Waals surface area (Å²) in [5.41, 5.74) is 2.31. The Morgan fingerprint density at radius 3 is 2.38 bits per heavy atom. The van der Waals surface area contributed by atoms with Gasteiger partial charge in [-0.3, -0.25) is 16.0 Å². The largest absolute Gasteiger partial charge is 0.318 e. The van der Waals surface area contributed by atoms with Crippen LogP contribution in [0.5, 0.6) is 0 Å². The van der Waals surface area contributed by atoms with Gasteiger partial charge in [0.15, 0.2) is 0 Å². The normalized spacial score (nSPS) is 12.0. The first-order valence-corrected chi connectivity index (χ1v) is 7.88. The smallest absolute Gasteiger partial charge is 0.295 e. The molecule has 1 aromatic rings. The Hall–Kier alpha value is -1.71. The molecule has 0 heterocycles. The molecule has 3 N–H and O–H groups in total. The number of nitro benzene ring substituents is 1. The van der Waals surface area contributed by atoms with Crippen LogP contribution in [0.25, 0.3) is 0 Å². The molecule has 0 bridgehead atoms. The van der Waals surface area contributed by atoms with E-state index in [1.54, 1.807) is 27.7 Å². The van der Waals surface area contributed by atoms with Crippen LogP contribution in [0, 0.1) is 17.0 Å². The van der Waals surface area contributed by atoms with E-state index in [1.165, 1.54) is 10.4 Å². The predicted molar refractivity (Wildman–Crippen MR) is 80.3 cm³/mol. The van der Waals surface area contributed by atoms with Gasteiger partial charge in [-0.05, 0) is 32.4 Å². The summed E-state index contributed by atoms with van der Waals surface area (Å²) >= 11 is 0. The number of hydrogen-bond donors (Lipinski definition) is 2. The van der Waals surface area contributed by atoms with E-state index >= 15 is 0 Å². The highest BCUT2D eigenvalue weighted by atomic mass is 32.2. The Labute approximate surface area is 124 Å². The number of benzene rings is 1. The molecule has 21 heavy (non-hydrogen) atoms. The zero-order valence-electron chi connectivity index (χ0n) is 12.5. The van der Waals surface area contributed by atoms with Crippen molar-refractivity contribution < 1.29 is 13.3 Å². The molecule has 0 saturated heterocycles. The van der Waals surface area contributed by atoms with Crippen LogP contribution in [0.1, 0.15) is 26.3 Å². The molecule has 0 saturated carbocycles. The molecule has 0 unspecified atom stereocenters. The van der Waals surface area contributed by atoms with E-state index in [4.69, 9.17) is 5.84 Å². The second-order valence-electron chi connectivity index (χ2n) is 4.84. The van der Waals surface area contributed by atoms with Crippen molar-refractivity contribution in [3.63, 3.8) is 0 Å². The Bertz CT molecular complexity index is 643. The van der Waals surface area contributed by atoms with E-state index in [9.17, 15) is 18.5 Å². The molecule has 0 aliphatic carbocycles. The van der Waals surface area contributed by atoms with Gasteiger partial charge >= 0.3 is 0 Å². The van der Waals surface area contributed by atoms with Crippen molar-refractivity contribution in [2.75, 3.05) is 12.0 Å². The molecular formula is C12H20N4O4S. The Morgan fingerprint density at radius 1 is 1.43 bits per heavy atom. The lowest BCUT2D eigenvalue weighted by Crippen LogP contribution is -2.37. The van der Waals surface area contributed by atoms with Gasteiger partial charge in [0, 0.05) is 18.7 Å². The first-order valence-electron chi connectivity index (χ1n) is 6.44. The van der Waals surface area contributed by atoms with E-state index in [2.05, 4.69) is 5.43 Å². The van der Waals surface area contributed by atoms with Crippen LogP contribution >= 0.6 is 0 Å². The van der Waals surface area contributed by atoms with Crippen molar-refractivity contribution >= 4 is 21.4 Å². The average molecular weight is 316 g/mol. The van der Waals surface area contributed by atoms with Crippen LogP contribution in [-0.4, -0.2) is 30.2 Å². The molecule has 0 radical (unpaired) electrons. The number of hydrogen-bond acceptors (Lipinski definition) is 6. The molecular weight excluding hydrogens is 296 g/mol.